The number of benzene rings is 2. The number of aliphatic carboxylic acids is 1. The van der Waals surface area contributed by atoms with Crippen LogP contribution >= 0.6 is 0 Å². The summed E-state index contributed by atoms with van der Waals surface area (Å²) in [6, 6.07) is 14.8. The van der Waals surface area contributed by atoms with E-state index < -0.39 is 30.3 Å². The fourth-order valence-electron chi connectivity index (χ4n) is 5.75. The van der Waals surface area contributed by atoms with E-state index in [1.807, 2.05) is 31.2 Å². The van der Waals surface area contributed by atoms with Crippen LogP contribution in [0.2, 0.25) is 0 Å². The van der Waals surface area contributed by atoms with Gasteiger partial charge in [0.25, 0.3) is 5.91 Å². The second-order valence-corrected chi connectivity index (χ2v) is 9.59. The molecule has 35 heavy (non-hydrogen) atoms. The molecule has 8 nitrogen and oxygen atoms in total. The first-order valence-electron chi connectivity index (χ1n) is 12.2. The van der Waals surface area contributed by atoms with Crippen LogP contribution in [0.25, 0.3) is 11.1 Å². The topological polar surface area (TPSA) is 105 Å². The molecule has 3 aliphatic rings. The van der Waals surface area contributed by atoms with Gasteiger partial charge in [0.05, 0.1) is 6.04 Å². The molecule has 2 aromatic carbocycles. The van der Waals surface area contributed by atoms with Gasteiger partial charge in [-0.05, 0) is 47.4 Å². The van der Waals surface area contributed by atoms with E-state index in [0.717, 1.165) is 35.1 Å². The number of nitrogens with one attached hydrogen (secondary N) is 1. The highest BCUT2D eigenvalue weighted by atomic mass is 16.6. The van der Waals surface area contributed by atoms with Crippen LogP contribution in [0.3, 0.4) is 0 Å². The van der Waals surface area contributed by atoms with Gasteiger partial charge in [-0.1, -0.05) is 55.5 Å². The number of likely N-dealkylation sites (tertiary alicyclic amines) is 1. The van der Waals surface area contributed by atoms with Gasteiger partial charge in [-0.15, -0.1) is 0 Å². The molecule has 2 fully saturated rings. The summed E-state index contributed by atoms with van der Waals surface area (Å²) in [4.78, 5) is 39.2. The number of carbonyl (C=O) groups excluding carboxylic acids is 2. The minimum absolute atomic E-state index is 0.0587. The van der Waals surface area contributed by atoms with E-state index in [1.54, 1.807) is 0 Å². The van der Waals surface area contributed by atoms with Crippen molar-refractivity contribution in [1.82, 2.24) is 10.2 Å². The van der Waals surface area contributed by atoms with Crippen molar-refractivity contribution in [2.24, 2.45) is 5.92 Å². The summed E-state index contributed by atoms with van der Waals surface area (Å²) in [6.07, 6.45) is 0.438. The Hall–Kier alpha value is -3.39. The van der Waals surface area contributed by atoms with Gasteiger partial charge in [0.2, 0.25) is 0 Å². The predicted molar refractivity (Wildman–Crippen MR) is 128 cm³/mol. The number of hydrogen-bond acceptors (Lipinski definition) is 5. The van der Waals surface area contributed by atoms with Crippen LogP contribution in [-0.2, 0) is 19.1 Å². The minimum atomic E-state index is -1.01. The molecule has 2 saturated heterocycles. The lowest BCUT2D eigenvalue weighted by atomic mass is 9.90. The zero-order chi connectivity index (χ0) is 24.5. The molecule has 2 aromatic rings. The monoisotopic (exact) mass is 478 g/mol. The number of rotatable bonds is 5. The van der Waals surface area contributed by atoms with Gasteiger partial charge in [0.1, 0.15) is 12.6 Å². The molecule has 0 spiro atoms. The Morgan fingerprint density at radius 1 is 1.06 bits per heavy atom. The maximum absolute atomic E-state index is 13.2. The first-order valence-corrected chi connectivity index (χ1v) is 12.2. The van der Waals surface area contributed by atoms with Crippen LogP contribution in [0, 0.1) is 5.92 Å². The van der Waals surface area contributed by atoms with Crippen LogP contribution in [0.4, 0.5) is 4.79 Å². The highest BCUT2D eigenvalue weighted by Crippen LogP contribution is 2.44. The van der Waals surface area contributed by atoms with Gasteiger partial charge in [0.15, 0.2) is 6.10 Å². The Bertz CT molecular complexity index is 1090. The van der Waals surface area contributed by atoms with Crippen molar-refractivity contribution >= 4 is 18.0 Å². The number of alkyl carbamates (subject to hydrolysis) is 1. The van der Waals surface area contributed by atoms with E-state index in [0.29, 0.717) is 19.6 Å². The van der Waals surface area contributed by atoms with Crippen LogP contribution in [-0.4, -0.2) is 65.9 Å². The summed E-state index contributed by atoms with van der Waals surface area (Å²) in [7, 11) is 0. The summed E-state index contributed by atoms with van der Waals surface area (Å²) in [5.74, 6) is -1.59. The van der Waals surface area contributed by atoms with Crippen molar-refractivity contribution in [3.05, 3.63) is 59.7 Å². The molecule has 184 valence electrons. The lowest BCUT2D eigenvalue weighted by Gasteiger charge is -2.39. The number of carbonyl (C=O) groups is 3. The Kier molecular flexibility index (Phi) is 6.47. The number of fused-ring (bicyclic) bond motifs is 3. The zero-order valence-corrected chi connectivity index (χ0v) is 19.7. The molecular formula is C27H30N2O6. The van der Waals surface area contributed by atoms with Gasteiger partial charge in [-0.2, -0.15) is 0 Å². The maximum Gasteiger partial charge on any atom is 0.407 e. The number of carboxylic acids is 1. The average Bonchev–Trinajstić information content (AvgIpc) is 3.44. The molecule has 0 saturated carbocycles. The Labute approximate surface area is 204 Å². The van der Waals surface area contributed by atoms with E-state index >= 15 is 0 Å². The number of carboxylic acid groups (broad SMARTS) is 1. The highest BCUT2D eigenvalue weighted by molar-refractivity contribution is 5.88. The molecule has 2 N–H and O–H groups in total. The normalized spacial score (nSPS) is 25.6. The van der Waals surface area contributed by atoms with E-state index in [1.165, 1.54) is 4.90 Å². The summed E-state index contributed by atoms with van der Waals surface area (Å²) in [6.45, 7) is 2.71. The summed E-state index contributed by atoms with van der Waals surface area (Å²) < 4.78 is 11.3. The average molecular weight is 479 g/mol. The van der Waals surface area contributed by atoms with Gasteiger partial charge in [-0.3, -0.25) is 4.79 Å². The van der Waals surface area contributed by atoms with E-state index in [2.05, 4.69) is 29.6 Å². The predicted octanol–water partition coefficient (Wildman–Crippen LogP) is 3.39. The van der Waals surface area contributed by atoms with E-state index in [-0.39, 0.29) is 24.3 Å². The first-order chi connectivity index (χ1) is 17.0. The van der Waals surface area contributed by atoms with Gasteiger partial charge >= 0.3 is 12.1 Å². The Morgan fingerprint density at radius 2 is 1.71 bits per heavy atom. The maximum atomic E-state index is 13.2. The third-order valence-electron chi connectivity index (χ3n) is 7.45. The molecule has 4 atom stereocenters. The molecule has 8 heteroatoms. The SMILES string of the molecule is CC1CCCN(C(=O)[C@H]2OCC[C@H]2NC(=O)OCC2c3ccccc3-c3ccccc32)C1C(=O)O. The van der Waals surface area contributed by atoms with E-state index in [9.17, 15) is 19.5 Å². The Morgan fingerprint density at radius 3 is 2.37 bits per heavy atom. The fraction of sp³-hybridized carbons (Fsp3) is 0.444. The summed E-state index contributed by atoms with van der Waals surface area (Å²) >= 11 is 0. The van der Waals surface area contributed by atoms with Crippen molar-refractivity contribution in [1.29, 1.82) is 0 Å². The minimum Gasteiger partial charge on any atom is -0.480 e. The molecule has 1 aliphatic carbocycles. The van der Waals surface area contributed by atoms with Crippen LogP contribution in [0.15, 0.2) is 48.5 Å². The van der Waals surface area contributed by atoms with Crippen molar-refractivity contribution < 1.29 is 29.0 Å². The van der Waals surface area contributed by atoms with Crippen molar-refractivity contribution in [2.45, 2.75) is 50.3 Å². The van der Waals surface area contributed by atoms with Gasteiger partial charge in [0, 0.05) is 19.1 Å². The Balaban J connectivity index is 1.23. The molecule has 0 bridgehead atoms. The number of piperidine rings is 1. The molecule has 5 rings (SSSR count). The first kappa shape index (κ1) is 23.4. The molecule has 2 aliphatic heterocycles. The van der Waals surface area contributed by atoms with E-state index in [4.69, 9.17) is 9.47 Å². The molecular weight excluding hydrogens is 448 g/mol. The second-order valence-electron chi connectivity index (χ2n) is 9.59. The number of hydrogen-bond donors (Lipinski definition) is 2. The highest BCUT2D eigenvalue weighted by Gasteiger charge is 2.44. The second kappa shape index (κ2) is 9.70. The third-order valence-corrected chi connectivity index (χ3v) is 7.45. The van der Waals surface area contributed by atoms with Crippen LogP contribution < -0.4 is 5.32 Å². The van der Waals surface area contributed by atoms with Crippen molar-refractivity contribution in [3.63, 3.8) is 0 Å². The quantitative estimate of drug-likeness (QED) is 0.683. The fourth-order valence-corrected chi connectivity index (χ4v) is 5.75. The van der Waals surface area contributed by atoms with Crippen LogP contribution in [0.1, 0.15) is 43.2 Å². The standard InChI is InChI=1S/C27H30N2O6/c1-16-7-6-13-29(23(16)26(31)32)25(30)24-22(12-14-34-24)28-27(33)35-15-21-19-10-4-2-8-17(19)18-9-3-5-11-20(18)21/h2-5,8-11,16,21-24H,6-7,12-15H2,1H3,(H,28,33)(H,31,32)/t16?,22-,23?,24+/m1/s1. The molecule has 2 unspecified atom stereocenters. The smallest absolute Gasteiger partial charge is 0.407 e. The lowest BCUT2D eigenvalue weighted by Crippen LogP contribution is -2.57. The zero-order valence-electron chi connectivity index (χ0n) is 19.7. The molecule has 2 heterocycles. The molecule has 0 radical (unpaired) electrons. The van der Waals surface area contributed by atoms with Crippen molar-refractivity contribution in [3.8, 4) is 11.1 Å². The van der Waals surface area contributed by atoms with Crippen molar-refractivity contribution in [2.75, 3.05) is 19.8 Å². The largest absolute Gasteiger partial charge is 0.480 e. The molecule has 0 aromatic heterocycles. The summed E-state index contributed by atoms with van der Waals surface area (Å²) in [5, 5.41) is 12.5. The summed E-state index contributed by atoms with van der Waals surface area (Å²) in [5.41, 5.74) is 4.54. The number of ether oxygens (including phenoxy) is 2. The third kappa shape index (κ3) is 4.38. The number of amides is 2. The van der Waals surface area contributed by atoms with Crippen LogP contribution in [0.5, 0.6) is 0 Å². The lowest BCUT2D eigenvalue weighted by molar-refractivity contribution is -0.159. The van der Waals surface area contributed by atoms with Gasteiger partial charge < -0.3 is 24.8 Å². The molecule has 2 amide bonds. The number of nitrogens with zero attached hydrogens (tertiary/aromatic N) is 1. The van der Waals surface area contributed by atoms with Gasteiger partial charge in [-0.25, -0.2) is 9.59 Å².